The summed E-state index contributed by atoms with van der Waals surface area (Å²) in [6.07, 6.45) is 0. The molecule has 1 aromatic carbocycles. The number of rotatable bonds is 9. The zero-order valence-corrected chi connectivity index (χ0v) is 13.9. The van der Waals surface area contributed by atoms with Crippen LogP contribution in [0.15, 0.2) is 23.2 Å². The van der Waals surface area contributed by atoms with Crippen molar-refractivity contribution in [1.29, 1.82) is 0 Å². The van der Waals surface area contributed by atoms with Crippen molar-refractivity contribution < 1.29 is 14.2 Å². The summed E-state index contributed by atoms with van der Waals surface area (Å²) in [5, 5.41) is 6.44. The van der Waals surface area contributed by atoms with Crippen LogP contribution in [0.25, 0.3) is 0 Å². The molecule has 0 aliphatic carbocycles. The zero-order chi connectivity index (χ0) is 16.2. The first-order chi connectivity index (χ1) is 10.7. The number of guanidine groups is 1. The summed E-state index contributed by atoms with van der Waals surface area (Å²) < 4.78 is 15.9. The van der Waals surface area contributed by atoms with Crippen molar-refractivity contribution in [2.45, 2.75) is 20.4 Å². The average Bonchev–Trinajstić information content (AvgIpc) is 2.56. The standard InChI is InChI=1S/C16H27N3O3/c1-5-17-16(18-9-10-22-6-2)19-12-13-7-8-14(20-3)11-15(13)21-4/h7-8,11H,5-6,9-10,12H2,1-4H3,(H2,17,18,19). The van der Waals surface area contributed by atoms with E-state index < -0.39 is 0 Å². The fourth-order valence-electron chi connectivity index (χ4n) is 1.87. The predicted octanol–water partition coefficient (Wildman–Crippen LogP) is 1.80. The van der Waals surface area contributed by atoms with E-state index >= 15 is 0 Å². The molecule has 0 aromatic heterocycles. The summed E-state index contributed by atoms with van der Waals surface area (Å²) in [6.45, 7) is 7.45. The van der Waals surface area contributed by atoms with Gasteiger partial charge in [0.1, 0.15) is 11.5 Å². The molecule has 0 heterocycles. The second kappa shape index (κ2) is 10.7. The summed E-state index contributed by atoms with van der Waals surface area (Å²) in [5.41, 5.74) is 1.00. The van der Waals surface area contributed by atoms with E-state index in [0.717, 1.165) is 42.7 Å². The summed E-state index contributed by atoms with van der Waals surface area (Å²) in [5.74, 6) is 2.31. The van der Waals surface area contributed by atoms with Crippen molar-refractivity contribution in [1.82, 2.24) is 10.6 Å². The predicted molar refractivity (Wildman–Crippen MR) is 88.9 cm³/mol. The fraction of sp³-hybridized carbons (Fsp3) is 0.562. The molecule has 0 amide bonds. The molecular weight excluding hydrogens is 282 g/mol. The van der Waals surface area contributed by atoms with E-state index in [-0.39, 0.29) is 0 Å². The molecule has 6 heteroatoms. The molecular formula is C16H27N3O3. The van der Waals surface area contributed by atoms with Gasteiger partial charge in [0.25, 0.3) is 0 Å². The minimum Gasteiger partial charge on any atom is -0.497 e. The molecule has 6 nitrogen and oxygen atoms in total. The normalized spacial score (nSPS) is 11.2. The van der Waals surface area contributed by atoms with E-state index in [1.807, 2.05) is 32.0 Å². The van der Waals surface area contributed by atoms with E-state index in [1.54, 1.807) is 14.2 Å². The number of ether oxygens (including phenoxy) is 3. The molecule has 2 N–H and O–H groups in total. The highest BCUT2D eigenvalue weighted by atomic mass is 16.5. The van der Waals surface area contributed by atoms with E-state index in [4.69, 9.17) is 14.2 Å². The Kier molecular flexibility index (Phi) is 8.83. The molecule has 1 aromatic rings. The molecule has 0 bridgehead atoms. The quantitative estimate of drug-likeness (QED) is 0.414. The van der Waals surface area contributed by atoms with Crippen LogP contribution >= 0.6 is 0 Å². The molecule has 1 rings (SSSR count). The molecule has 0 aliphatic heterocycles. The van der Waals surface area contributed by atoms with Gasteiger partial charge in [-0.2, -0.15) is 0 Å². The van der Waals surface area contributed by atoms with Gasteiger partial charge in [-0.3, -0.25) is 0 Å². The van der Waals surface area contributed by atoms with Crippen LogP contribution in [0.4, 0.5) is 0 Å². The Morgan fingerprint density at radius 2 is 1.95 bits per heavy atom. The molecule has 22 heavy (non-hydrogen) atoms. The number of hydrogen-bond acceptors (Lipinski definition) is 4. The van der Waals surface area contributed by atoms with Crippen LogP contribution in [0.3, 0.4) is 0 Å². The van der Waals surface area contributed by atoms with Gasteiger partial charge in [0, 0.05) is 31.3 Å². The first-order valence-electron chi connectivity index (χ1n) is 7.55. The Balaban J connectivity index is 2.68. The molecule has 0 aliphatic rings. The van der Waals surface area contributed by atoms with Gasteiger partial charge in [-0.05, 0) is 26.0 Å². The smallest absolute Gasteiger partial charge is 0.191 e. The van der Waals surface area contributed by atoms with Gasteiger partial charge in [0.05, 0.1) is 27.4 Å². The highest BCUT2D eigenvalue weighted by molar-refractivity contribution is 5.79. The molecule has 0 saturated heterocycles. The van der Waals surface area contributed by atoms with Gasteiger partial charge < -0.3 is 24.8 Å². The van der Waals surface area contributed by atoms with Gasteiger partial charge in [-0.25, -0.2) is 4.99 Å². The van der Waals surface area contributed by atoms with Crippen LogP contribution in [-0.2, 0) is 11.3 Å². The Bertz CT molecular complexity index is 464. The third-order valence-electron chi connectivity index (χ3n) is 2.99. The van der Waals surface area contributed by atoms with Crippen molar-refractivity contribution in [3.8, 4) is 11.5 Å². The minimum atomic E-state index is 0.525. The second-order valence-electron chi connectivity index (χ2n) is 4.50. The number of nitrogens with zero attached hydrogens (tertiary/aromatic N) is 1. The second-order valence-corrected chi connectivity index (χ2v) is 4.50. The molecule has 0 radical (unpaired) electrons. The average molecular weight is 309 g/mol. The molecule has 0 spiro atoms. The lowest BCUT2D eigenvalue weighted by molar-refractivity contribution is 0.152. The van der Waals surface area contributed by atoms with E-state index in [9.17, 15) is 0 Å². The van der Waals surface area contributed by atoms with Crippen LogP contribution in [0, 0.1) is 0 Å². The van der Waals surface area contributed by atoms with Crippen LogP contribution in [0.5, 0.6) is 11.5 Å². The molecule has 0 fully saturated rings. The Morgan fingerprint density at radius 1 is 1.14 bits per heavy atom. The summed E-state index contributed by atoms with van der Waals surface area (Å²) in [6, 6.07) is 5.73. The number of aliphatic imine (C=N–C) groups is 1. The number of benzene rings is 1. The highest BCUT2D eigenvalue weighted by Crippen LogP contribution is 2.25. The lowest BCUT2D eigenvalue weighted by Crippen LogP contribution is -2.39. The molecule has 124 valence electrons. The fourth-order valence-corrected chi connectivity index (χ4v) is 1.87. The lowest BCUT2D eigenvalue weighted by Gasteiger charge is -2.12. The van der Waals surface area contributed by atoms with Gasteiger partial charge in [0.15, 0.2) is 5.96 Å². The lowest BCUT2D eigenvalue weighted by atomic mass is 10.2. The first-order valence-corrected chi connectivity index (χ1v) is 7.55. The van der Waals surface area contributed by atoms with Crippen molar-refractivity contribution in [3.63, 3.8) is 0 Å². The maximum absolute atomic E-state index is 5.38. The van der Waals surface area contributed by atoms with Gasteiger partial charge >= 0.3 is 0 Å². The van der Waals surface area contributed by atoms with Crippen molar-refractivity contribution >= 4 is 5.96 Å². The SMILES string of the molecule is CCNC(=NCc1ccc(OC)cc1OC)NCCOCC. The highest BCUT2D eigenvalue weighted by Gasteiger charge is 2.05. The Morgan fingerprint density at radius 3 is 2.59 bits per heavy atom. The monoisotopic (exact) mass is 309 g/mol. The summed E-state index contributed by atoms with van der Waals surface area (Å²) in [7, 11) is 3.28. The maximum atomic E-state index is 5.38. The number of methoxy groups -OCH3 is 2. The largest absolute Gasteiger partial charge is 0.497 e. The zero-order valence-electron chi connectivity index (χ0n) is 13.9. The molecule has 0 unspecified atom stereocenters. The van der Waals surface area contributed by atoms with Crippen LogP contribution in [0.1, 0.15) is 19.4 Å². The third kappa shape index (κ3) is 6.22. The number of nitrogens with one attached hydrogen (secondary N) is 2. The Labute approximate surface area is 132 Å². The number of hydrogen-bond donors (Lipinski definition) is 2. The van der Waals surface area contributed by atoms with Crippen LogP contribution < -0.4 is 20.1 Å². The van der Waals surface area contributed by atoms with Gasteiger partial charge in [-0.1, -0.05) is 0 Å². The molecule has 0 saturated carbocycles. The van der Waals surface area contributed by atoms with Crippen LogP contribution in [0.2, 0.25) is 0 Å². The third-order valence-corrected chi connectivity index (χ3v) is 2.99. The minimum absolute atomic E-state index is 0.525. The summed E-state index contributed by atoms with van der Waals surface area (Å²) >= 11 is 0. The van der Waals surface area contributed by atoms with Crippen molar-refractivity contribution in [3.05, 3.63) is 23.8 Å². The first kappa shape index (κ1) is 18.1. The summed E-state index contributed by atoms with van der Waals surface area (Å²) in [4.78, 5) is 4.56. The van der Waals surface area contributed by atoms with Gasteiger partial charge in [0.2, 0.25) is 0 Å². The molecule has 0 atom stereocenters. The van der Waals surface area contributed by atoms with E-state index in [1.165, 1.54) is 0 Å². The van der Waals surface area contributed by atoms with Crippen molar-refractivity contribution in [2.24, 2.45) is 4.99 Å². The van der Waals surface area contributed by atoms with Crippen molar-refractivity contribution in [2.75, 3.05) is 40.5 Å². The van der Waals surface area contributed by atoms with E-state index in [2.05, 4.69) is 15.6 Å². The van der Waals surface area contributed by atoms with E-state index in [0.29, 0.717) is 13.2 Å². The maximum Gasteiger partial charge on any atom is 0.191 e. The van der Waals surface area contributed by atoms with Gasteiger partial charge in [-0.15, -0.1) is 0 Å². The Hall–Kier alpha value is -1.95. The van der Waals surface area contributed by atoms with Crippen LogP contribution in [-0.4, -0.2) is 46.5 Å². The topological polar surface area (TPSA) is 64.1 Å².